The highest BCUT2D eigenvalue weighted by Gasteiger charge is 2.07. The Morgan fingerprint density at radius 1 is 1.53 bits per heavy atom. The average Bonchev–Trinajstić information content (AvgIpc) is 3.03. The van der Waals surface area contributed by atoms with Gasteiger partial charge in [-0.25, -0.2) is 9.78 Å². The number of carbonyl (C=O) groups is 1. The molecule has 0 saturated carbocycles. The summed E-state index contributed by atoms with van der Waals surface area (Å²) in [7, 11) is 3.35. The minimum absolute atomic E-state index is 0.348. The molecule has 0 bridgehead atoms. The van der Waals surface area contributed by atoms with E-state index in [2.05, 4.69) is 20.0 Å². The molecule has 0 aromatic carbocycles. The third-order valence-electron chi connectivity index (χ3n) is 2.91. The van der Waals surface area contributed by atoms with Crippen molar-refractivity contribution < 1.29 is 9.53 Å². The molecule has 0 fully saturated rings. The van der Waals surface area contributed by atoms with Crippen LogP contribution in [0.1, 0.15) is 22.0 Å². The van der Waals surface area contributed by atoms with E-state index in [-0.39, 0.29) is 5.97 Å². The number of hydrogen-bond acceptors (Lipinski definition) is 4. The van der Waals surface area contributed by atoms with Gasteiger partial charge in [0, 0.05) is 44.6 Å². The molecule has 2 N–H and O–H groups in total. The normalized spacial score (nSPS) is 10.6. The Labute approximate surface area is 111 Å². The molecule has 6 heteroatoms. The maximum absolute atomic E-state index is 11.3. The second kappa shape index (κ2) is 6.19. The monoisotopic (exact) mass is 262 g/mol. The van der Waals surface area contributed by atoms with E-state index in [1.165, 1.54) is 7.11 Å². The van der Waals surface area contributed by atoms with Crippen molar-refractivity contribution in [3.63, 3.8) is 0 Å². The number of hydrogen-bond donors (Lipinski definition) is 2. The van der Waals surface area contributed by atoms with Crippen LogP contribution in [-0.2, 0) is 24.8 Å². The van der Waals surface area contributed by atoms with E-state index in [9.17, 15) is 4.79 Å². The SMILES string of the molecule is COC(=O)c1ccc(CNCCc2nccn2C)[nH]1. The average molecular weight is 262 g/mol. The molecule has 0 aliphatic heterocycles. The van der Waals surface area contributed by atoms with Gasteiger partial charge in [-0.1, -0.05) is 0 Å². The lowest BCUT2D eigenvalue weighted by Gasteiger charge is -2.04. The third-order valence-corrected chi connectivity index (χ3v) is 2.91. The molecule has 2 aromatic rings. The number of imidazole rings is 1. The first kappa shape index (κ1) is 13.4. The maximum Gasteiger partial charge on any atom is 0.354 e. The van der Waals surface area contributed by atoms with E-state index in [0.717, 1.165) is 24.5 Å². The Hall–Kier alpha value is -2.08. The number of aromatic nitrogens is 3. The van der Waals surface area contributed by atoms with Crippen LogP contribution in [-0.4, -0.2) is 34.2 Å². The van der Waals surface area contributed by atoms with Gasteiger partial charge in [0.05, 0.1) is 7.11 Å². The number of aromatic amines is 1. The fraction of sp³-hybridized carbons (Fsp3) is 0.385. The van der Waals surface area contributed by atoms with Gasteiger partial charge in [-0.05, 0) is 12.1 Å². The molecule has 0 unspecified atom stereocenters. The van der Waals surface area contributed by atoms with E-state index >= 15 is 0 Å². The van der Waals surface area contributed by atoms with Gasteiger partial charge in [-0.2, -0.15) is 0 Å². The second-order valence-electron chi connectivity index (χ2n) is 4.27. The van der Waals surface area contributed by atoms with Crippen molar-refractivity contribution in [2.45, 2.75) is 13.0 Å². The van der Waals surface area contributed by atoms with E-state index in [1.54, 1.807) is 12.3 Å². The molecule has 19 heavy (non-hydrogen) atoms. The number of ether oxygens (including phenoxy) is 1. The highest BCUT2D eigenvalue weighted by Crippen LogP contribution is 2.03. The predicted molar refractivity (Wildman–Crippen MR) is 70.8 cm³/mol. The summed E-state index contributed by atoms with van der Waals surface area (Å²) in [5.41, 5.74) is 1.43. The summed E-state index contributed by atoms with van der Waals surface area (Å²) < 4.78 is 6.64. The number of methoxy groups -OCH3 is 1. The van der Waals surface area contributed by atoms with Crippen LogP contribution in [0.5, 0.6) is 0 Å². The van der Waals surface area contributed by atoms with Gasteiger partial charge in [0.15, 0.2) is 0 Å². The molecule has 0 aliphatic rings. The predicted octanol–water partition coefficient (Wildman–Crippen LogP) is 0.867. The van der Waals surface area contributed by atoms with Gasteiger partial charge in [-0.3, -0.25) is 0 Å². The minimum atomic E-state index is -0.348. The lowest BCUT2D eigenvalue weighted by Crippen LogP contribution is -2.18. The second-order valence-corrected chi connectivity index (χ2v) is 4.27. The summed E-state index contributed by atoms with van der Waals surface area (Å²) in [6, 6.07) is 3.60. The quantitative estimate of drug-likeness (QED) is 0.598. The van der Waals surface area contributed by atoms with Crippen molar-refractivity contribution >= 4 is 5.97 Å². The number of aryl methyl sites for hydroxylation is 1. The lowest BCUT2D eigenvalue weighted by atomic mass is 10.3. The van der Waals surface area contributed by atoms with Crippen LogP contribution in [0.15, 0.2) is 24.5 Å². The Morgan fingerprint density at radius 2 is 2.37 bits per heavy atom. The van der Waals surface area contributed by atoms with Crippen molar-refractivity contribution in [2.24, 2.45) is 7.05 Å². The minimum Gasteiger partial charge on any atom is -0.464 e. The molecule has 0 radical (unpaired) electrons. The molecule has 102 valence electrons. The zero-order chi connectivity index (χ0) is 13.7. The molecule has 0 saturated heterocycles. The highest BCUT2D eigenvalue weighted by atomic mass is 16.5. The molecule has 2 aromatic heterocycles. The third kappa shape index (κ3) is 3.45. The number of H-pyrrole nitrogens is 1. The van der Waals surface area contributed by atoms with Crippen molar-refractivity contribution in [3.05, 3.63) is 41.7 Å². The van der Waals surface area contributed by atoms with Crippen LogP contribution in [0.25, 0.3) is 0 Å². The summed E-state index contributed by atoms with van der Waals surface area (Å²) in [6.07, 6.45) is 4.60. The Morgan fingerprint density at radius 3 is 3.05 bits per heavy atom. The highest BCUT2D eigenvalue weighted by molar-refractivity contribution is 5.87. The van der Waals surface area contributed by atoms with Crippen LogP contribution in [0, 0.1) is 0 Å². The number of esters is 1. The number of rotatable bonds is 6. The van der Waals surface area contributed by atoms with Crippen LogP contribution < -0.4 is 5.32 Å². The van der Waals surface area contributed by atoms with Crippen molar-refractivity contribution in [1.82, 2.24) is 19.9 Å². The number of nitrogens with zero attached hydrogens (tertiary/aromatic N) is 2. The van der Waals surface area contributed by atoms with Crippen molar-refractivity contribution in [3.8, 4) is 0 Å². The van der Waals surface area contributed by atoms with Gasteiger partial charge < -0.3 is 19.6 Å². The Kier molecular flexibility index (Phi) is 4.35. The van der Waals surface area contributed by atoms with Crippen LogP contribution in [0.2, 0.25) is 0 Å². The molecule has 6 nitrogen and oxygen atoms in total. The summed E-state index contributed by atoms with van der Waals surface area (Å²) in [5.74, 6) is 0.702. The summed E-state index contributed by atoms with van der Waals surface area (Å²) in [6.45, 7) is 1.51. The first-order valence-corrected chi connectivity index (χ1v) is 6.14. The molecular weight excluding hydrogens is 244 g/mol. The summed E-state index contributed by atoms with van der Waals surface area (Å²) >= 11 is 0. The molecule has 0 atom stereocenters. The topological polar surface area (TPSA) is 71.9 Å². The molecule has 0 aliphatic carbocycles. The van der Waals surface area contributed by atoms with Gasteiger partial charge >= 0.3 is 5.97 Å². The molecule has 2 heterocycles. The first-order valence-electron chi connectivity index (χ1n) is 6.14. The first-order chi connectivity index (χ1) is 9.20. The molecule has 0 amide bonds. The van der Waals surface area contributed by atoms with Crippen LogP contribution in [0.4, 0.5) is 0 Å². The van der Waals surface area contributed by atoms with E-state index in [0.29, 0.717) is 12.2 Å². The van der Waals surface area contributed by atoms with Gasteiger partial charge in [0.2, 0.25) is 0 Å². The molecule has 0 spiro atoms. The Bertz CT molecular complexity index is 544. The largest absolute Gasteiger partial charge is 0.464 e. The van der Waals surface area contributed by atoms with Gasteiger partial charge in [-0.15, -0.1) is 0 Å². The fourth-order valence-corrected chi connectivity index (χ4v) is 1.83. The smallest absolute Gasteiger partial charge is 0.354 e. The van der Waals surface area contributed by atoms with Crippen molar-refractivity contribution in [2.75, 3.05) is 13.7 Å². The number of carbonyl (C=O) groups excluding carboxylic acids is 1. The van der Waals surface area contributed by atoms with Crippen molar-refractivity contribution in [1.29, 1.82) is 0 Å². The summed E-state index contributed by atoms with van der Waals surface area (Å²) in [5, 5.41) is 3.30. The van der Waals surface area contributed by atoms with Crippen LogP contribution >= 0.6 is 0 Å². The fourth-order valence-electron chi connectivity index (χ4n) is 1.83. The lowest BCUT2D eigenvalue weighted by molar-refractivity contribution is 0.0594. The summed E-state index contributed by atoms with van der Waals surface area (Å²) in [4.78, 5) is 18.5. The molecule has 2 rings (SSSR count). The number of nitrogens with one attached hydrogen (secondary N) is 2. The van der Waals surface area contributed by atoms with E-state index < -0.39 is 0 Å². The van der Waals surface area contributed by atoms with Gasteiger partial charge in [0.1, 0.15) is 11.5 Å². The standard InChI is InChI=1S/C13H18N4O2/c1-17-8-7-15-12(17)5-6-14-9-10-3-4-11(16-10)13(18)19-2/h3-4,7-8,14,16H,5-6,9H2,1-2H3. The zero-order valence-corrected chi connectivity index (χ0v) is 11.1. The maximum atomic E-state index is 11.3. The zero-order valence-electron chi connectivity index (χ0n) is 11.1. The van der Waals surface area contributed by atoms with E-state index in [4.69, 9.17) is 0 Å². The molecular formula is C13H18N4O2. The Balaban J connectivity index is 1.75. The van der Waals surface area contributed by atoms with Crippen LogP contribution in [0.3, 0.4) is 0 Å². The van der Waals surface area contributed by atoms with Gasteiger partial charge in [0.25, 0.3) is 0 Å². The van der Waals surface area contributed by atoms with E-state index in [1.807, 2.05) is 23.9 Å².